The maximum Gasteiger partial charge on any atom is 0.198 e. The topological polar surface area (TPSA) is 82.0 Å². The van der Waals surface area contributed by atoms with Crippen molar-refractivity contribution in [1.82, 2.24) is 4.98 Å². The van der Waals surface area contributed by atoms with Crippen molar-refractivity contribution in [3.63, 3.8) is 0 Å². The van der Waals surface area contributed by atoms with Gasteiger partial charge in [-0.2, -0.15) is 0 Å². The second-order valence-corrected chi connectivity index (χ2v) is 4.41. The standard InChI is InChI=1S/C12H10BrN3O/c13-7-3-4-8(10(14)6-7)11(17)9-2-1-5-16-12(9)15/h1-6H,14H2,(H2,15,16). The number of ketones is 1. The summed E-state index contributed by atoms with van der Waals surface area (Å²) in [5, 5.41) is 0. The first kappa shape index (κ1) is 11.6. The third-order valence-corrected chi connectivity index (χ3v) is 2.83. The minimum Gasteiger partial charge on any atom is -0.398 e. The highest BCUT2D eigenvalue weighted by molar-refractivity contribution is 9.10. The maximum absolute atomic E-state index is 12.2. The third-order valence-electron chi connectivity index (χ3n) is 2.34. The summed E-state index contributed by atoms with van der Waals surface area (Å²) in [5.41, 5.74) is 12.7. The quantitative estimate of drug-likeness (QED) is 0.657. The van der Waals surface area contributed by atoms with Crippen LogP contribution in [0.2, 0.25) is 0 Å². The molecule has 5 heteroatoms. The van der Waals surface area contributed by atoms with E-state index in [9.17, 15) is 4.79 Å². The van der Waals surface area contributed by atoms with Crippen LogP contribution in [-0.2, 0) is 0 Å². The van der Waals surface area contributed by atoms with Gasteiger partial charge >= 0.3 is 0 Å². The molecule has 0 atom stereocenters. The molecule has 4 N–H and O–H groups in total. The molecular weight excluding hydrogens is 282 g/mol. The third kappa shape index (κ3) is 2.29. The molecule has 17 heavy (non-hydrogen) atoms. The number of nitrogens with two attached hydrogens (primary N) is 2. The molecule has 0 spiro atoms. The number of benzene rings is 1. The fourth-order valence-corrected chi connectivity index (χ4v) is 1.87. The van der Waals surface area contributed by atoms with Crippen LogP contribution >= 0.6 is 15.9 Å². The second kappa shape index (κ2) is 4.55. The number of aromatic nitrogens is 1. The molecule has 0 aliphatic rings. The van der Waals surface area contributed by atoms with Gasteiger partial charge < -0.3 is 11.5 Å². The number of halogens is 1. The van der Waals surface area contributed by atoms with Crippen molar-refractivity contribution in [3.05, 3.63) is 52.1 Å². The van der Waals surface area contributed by atoms with Crippen molar-refractivity contribution in [2.45, 2.75) is 0 Å². The van der Waals surface area contributed by atoms with Gasteiger partial charge in [0.1, 0.15) is 5.82 Å². The smallest absolute Gasteiger partial charge is 0.198 e. The molecule has 0 aliphatic heterocycles. The van der Waals surface area contributed by atoms with E-state index >= 15 is 0 Å². The van der Waals surface area contributed by atoms with E-state index in [1.54, 1.807) is 30.3 Å². The summed E-state index contributed by atoms with van der Waals surface area (Å²) in [4.78, 5) is 16.1. The number of pyridine rings is 1. The molecule has 0 bridgehead atoms. The Morgan fingerprint density at radius 3 is 2.59 bits per heavy atom. The molecule has 0 radical (unpaired) electrons. The average Bonchev–Trinajstić information content (AvgIpc) is 2.29. The first-order chi connectivity index (χ1) is 8.09. The van der Waals surface area contributed by atoms with Crippen LogP contribution < -0.4 is 11.5 Å². The monoisotopic (exact) mass is 291 g/mol. The van der Waals surface area contributed by atoms with E-state index in [2.05, 4.69) is 20.9 Å². The summed E-state index contributed by atoms with van der Waals surface area (Å²) in [6, 6.07) is 8.40. The highest BCUT2D eigenvalue weighted by atomic mass is 79.9. The number of hydrogen-bond acceptors (Lipinski definition) is 4. The Kier molecular flexibility index (Phi) is 3.10. The molecule has 0 fully saturated rings. The lowest BCUT2D eigenvalue weighted by Gasteiger charge is -2.06. The number of carbonyl (C=O) groups excluding carboxylic acids is 1. The summed E-state index contributed by atoms with van der Waals surface area (Å²) < 4.78 is 0.825. The van der Waals surface area contributed by atoms with Gasteiger partial charge in [0.2, 0.25) is 0 Å². The van der Waals surface area contributed by atoms with Crippen LogP contribution in [-0.4, -0.2) is 10.8 Å². The predicted octanol–water partition coefficient (Wildman–Crippen LogP) is 2.24. The Hall–Kier alpha value is -1.88. The molecule has 86 valence electrons. The van der Waals surface area contributed by atoms with Gasteiger partial charge in [0.25, 0.3) is 0 Å². The van der Waals surface area contributed by atoms with Crippen LogP contribution in [0.5, 0.6) is 0 Å². The first-order valence-corrected chi connectivity index (χ1v) is 5.69. The lowest BCUT2D eigenvalue weighted by molar-refractivity contribution is 0.104. The summed E-state index contributed by atoms with van der Waals surface area (Å²) in [5.74, 6) is -0.0135. The zero-order valence-electron chi connectivity index (χ0n) is 8.85. The van der Waals surface area contributed by atoms with Crippen molar-refractivity contribution in [1.29, 1.82) is 0 Å². The highest BCUT2D eigenvalue weighted by Gasteiger charge is 2.15. The largest absolute Gasteiger partial charge is 0.398 e. The minimum absolute atomic E-state index is 0.208. The van der Waals surface area contributed by atoms with Crippen molar-refractivity contribution in [2.24, 2.45) is 0 Å². The van der Waals surface area contributed by atoms with Crippen molar-refractivity contribution < 1.29 is 4.79 Å². The van der Waals surface area contributed by atoms with Crippen LogP contribution in [0.3, 0.4) is 0 Å². The first-order valence-electron chi connectivity index (χ1n) is 4.90. The van der Waals surface area contributed by atoms with Gasteiger partial charge in [-0.3, -0.25) is 4.79 Å². The number of nitrogens with zero attached hydrogens (tertiary/aromatic N) is 1. The Balaban J connectivity index is 2.48. The van der Waals surface area contributed by atoms with E-state index in [1.165, 1.54) is 6.20 Å². The Morgan fingerprint density at radius 1 is 1.18 bits per heavy atom. The van der Waals surface area contributed by atoms with Crippen LogP contribution in [0.25, 0.3) is 0 Å². The van der Waals surface area contributed by atoms with Gasteiger partial charge in [0.15, 0.2) is 5.78 Å². The van der Waals surface area contributed by atoms with Gasteiger partial charge in [-0.05, 0) is 30.3 Å². The molecule has 2 aromatic rings. The maximum atomic E-state index is 12.2. The number of carbonyl (C=O) groups is 1. The van der Waals surface area contributed by atoms with Gasteiger partial charge in [-0.25, -0.2) is 4.98 Å². The van der Waals surface area contributed by atoms with Gasteiger partial charge in [0, 0.05) is 21.9 Å². The predicted molar refractivity (Wildman–Crippen MR) is 70.6 cm³/mol. The second-order valence-electron chi connectivity index (χ2n) is 3.50. The number of anilines is 2. The molecule has 0 aliphatic carbocycles. The molecule has 0 unspecified atom stereocenters. The van der Waals surface area contributed by atoms with E-state index < -0.39 is 0 Å². The molecule has 0 saturated carbocycles. The summed E-state index contributed by atoms with van der Waals surface area (Å²) in [6.45, 7) is 0. The van der Waals surface area contributed by atoms with E-state index in [-0.39, 0.29) is 11.6 Å². The number of hydrogen-bond donors (Lipinski definition) is 2. The SMILES string of the molecule is Nc1cc(Br)ccc1C(=O)c1cccnc1N. The van der Waals surface area contributed by atoms with Crippen LogP contribution in [0, 0.1) is 0 Å². The number of nitrogen functional groups attached to an aromatic ring is 2. The summed E-state index contributed by atoms with van der Waals surface area (Å²) >= 11 is 3.29. The molecule has 1 aromatic heterocycles. The zero-order chi connectivity index (χ0) is 12.4. The molecule has 0 amide bonds. The van der Waals surface area contributed by atoms with Crippen LogP contribution in [0.1, 0.15) is 15.9 Å². The van der Waals surface area contributed by atoms with Crippen molar-refractivity contribution in [2.75, 3.05) is 11.5 Å². The lowest BCUT2D eigenvalue weighted by atomic mass is 10.0. The molecular formula is C12H10BrN3O. The molecule has 1 aromatic carbocycles. The van der Waals surface area contributed by atoms with E-state index in [1.807, 2.05) is 0 Å². The molecule has 2 rings (SSSR count). The van der Waals surface area contributed by atoms with Crippen LogP contribution in [0.4, 0.5) is 11.5 Å². The minimum atomic E-state index is -0.222. The van der Waals surface area contributed by atoms with E-state index in [0.29, 0.717) is 16.8 Å². The average molecular weight is 292 g/mol. The zero-order valence-corrected chi connectivity index (χ0v) is 10.4. The molecule has 4 nitrogen and oxygen atoms in total. The van der Waals surface area contributed by atoms with E-state index in [4.69, 9.17) is 11.5 Å². The normalized spacial score (nSPS) is 10.2. The van der Waals surface area contributed by atoms with Crippen molar-refractivity contribution in [3.8, 4) is 0 Å². The summed E-state index contributed by atoms with van der Waals surface area (Å²) in [6.07, 6.45) is 1.54. The van der Waals surface area contributed by atoms with Gasteiger partial charge in [0.05, 0.1) is 5.56 Å². The van der Waals surface area contributed by atoms with E-state index in [0.717, 1.165) is 4.47 Å². The number of rotatable bonds is 2. The van der Waals surface area contributed by atoms with Gasteiger partial charge in [-0.1, -0.05) is 15.9 Å². The Bertz CT molecular complexity index is 584. The Morgan fingerprint density at radius 2 is 1.94 bits per heavy atom. The van der Waals surface area contributed by atoms with Crippen molar-refractivity contribution >= 4 is 33.2 Å². The highest BCUT2D eigenvalue weighted by Crippen LogP contribution is 2.22. The fourth-order valence-electron chi connectivity index (χ4n) is 1.49. The van der Waals surface area contributed by atoms with Gasteiger partial charge in [-0.15, -0.1) is 0 Å². The van der Waals surface area contributed by atoms with Crippen LogP contribution in [0.15, 0.2) is 41.0 Å². The summed E-state index contributed by atoms with van der Waals surface area (Å²) in [7, 11) is 0. The molecule has 1 heterocycles. The fraction of sp³-hybridized carbons (Fsp3) is 0. The molecule has 0 saturated heterocycles. The lowest BCUT2D eigenvalue weighted by Crippen LogP contribution is -2.09. The Labute approximate surface area is 107 Å².